The van der Waals surface area contributed by atoms with Crippen molar-refractivity contribution in [3.63, 3.8) is 0 Å². The molecule has 0 atom stereocenters. The molecule has 15 heavy (non-hydrogen) atoms. The normalized spacial score (nSPS) is 10.6. The van der Waals surface area contributed by atoms with Crippen molar-refractivity contribution in [1.82, 2.24) is 0 Å². The van der Waals surface area contributed by atoms with Gasteiger partial charge < -0.3 is 0 Å². The topological polar surface area (TPSA) is 51.2 Å². The largest absolute Gasteiger partial charge is 0.295 e. The van der Waals surface area contributed by atoms with Crippen molar-refractivity contribution in [2.75, 3.05) is 6.26 Å². The van der Waals surface area contributed by atoms with Crippen LogP contribution in [0.3, 0.4) is 0 Å². The van der Waals surface area contributed by atoms with Gasteiger partial charge in [-0.2, -0.15) is 0 Å². The molecule has 1 rings (SSSR count). The van der Waals surface area contributed by atoms with E-state index in [0.717, 1.165) is 6.26 Å². The average Bonchev–Trinajstić information content (AvgIpc) is 2.02. The van der Waals surface area contributed by atoms with Gasteiger partial charge in [-0.3, -0.25) is 4.79 Å². The van der Waals surface area contributed by atoms with Crippen LogP contribution in [0, 0.1) is 0 Å². The van der Waals surface area contributed by atoms with E-state index in [9.17, 15) is 13.2 Å². The summed E-state index contributed by atoms with van der Waals surface area (Å²) in [5.41, 5.74) is 0.378. The van der Waals surface area contributed by atoms with E-state index in [1.165, 1.54) is 19.1 Å². The van der Waals surface area contributed by atoms with Gasteiger partial charge in [0.15, 0.2) is 15.6 Å². The zero-order valence-corrected chi connectivity index (χ0v) is 12.5. The number of rotatable bonds is 2. The maximum atomic E-state index is 11.3. The predicted octanol–water partition coefficient (Wildman–Crippen LogP) is 1.20. The van der Waals surface area contributed by atoms with Crippen LogP contribution in [0.2, 0.25) is 0 Å². The van der Waals surface area contributed by atoms with Crippen molar-refractivity contribution in [3.8, 4) is 0 Å². The van der Waals surface area contributed by atoms with Crippen LogP contribution in [0.4, 0.5) is 0 Å². The first kappa shape index (κ1) is 15.2. The summed E-state index contributed by atoms with van der Waals surface area (Å²) in [4.78, 5) is 11.5. The molecule has 77 valence electrons. The second kappa shape index (κ2) is 5.50. The zero-order chi connectivity index (χ0) is 10.9. The molecule has 0 fully saturated rings. The maximum Gasteiger partial charge on any atom is 0.176 e. The summed E-state index contributed by atoms with van der Waals surface area (Å²) >= 11 is 4.02. The third-order valence-corrected chi connectivity index (χ3v) is 3.44. The van der Waals surface area contributed by atoms with Gasteiger partial charge in [0.05, 0.1) is 4.90 Å². The molecule has 0 spiro atoms. The fraction of sp³-hybridized carbons (Fsp3) is 0.222. The number of benzene rings is 1. The maximum absolute atomic E-state index is 11.3. The Balaban J connectivity index is 0.00000196. The number of thiol groups is 1. The van der Waals surface area contributed by atoms with Crippen LogP contribution in [-0.4, -0.2) is 50.0 Å². The van der Waals surface area contributed by atoms with Crippen LogP contribution in [-0.2, 0) is 9.84 Å². The van der Waals surface area contributed by atoms with Crippen LogP contribution in [0.15, 0.2) is 28.0 Å². The molecule has 1 aromatic carbocycles. The Morgan fingerprint density at radius 1 is 1.33 bits per heavy atom. The fourth-order valence-corrected chi connectivity index (χ4v) is 2.46. The quantitative estimate of drug-likeness (QED) is 0.489. The Morgan fingerprint density at radius 3 is 2.27 bits per heavy atom. The van der Waals surface area contributed by atoms with Crippen molar-refractivity contribution in [2.24, 2.45) is 0 Å². The van der Waals surface area contributed by atoms with Gasteiger partial charge in [-0.15, -0.1) is 12.6 Å². The molecule has 0 amide bonds. The molecule has 0 saturated carbocycles. The predicted molar refractivity (Wildman–Crippen MR) is 62.6 cm³/mol. The van der Waals surface area contributed by atoms with Crippen LogP contribution < -0.4 is 0 Å². The second-order valence-corrected chi connectivity index (χ2v) is 5.48. The Bertz CT molecular complexity index is 480. The van der Waals surface area contributed by atoms with Gasteiger partial charge in [-0.1, -0.05) is 6.07 Å². The molecule has 0 aliphatic carbocycles. The molecule has 3 nitrogen and oxygen atoms in total. The molecule has 0 unspecified atom stereocenters. The summed E-state index contributed by atoms with van der Waals surface area (Å²) in [6.45, 7) is 1.39. The van der Waals surface area contributed by atoms with Crippen molar-refractivity contribution in [1.29, 1.82) is 0 Å². The number of hydrogen-bond acceptors (Lipinski definition) is 4. The van der Waals surface area contributed by atoms with Crippen molar-refractivity contribution in [3.05, 3.63) is 23.8 Å². The summed E-state index contributed by atoms with van der Waals surface area (Å²) < 4.78 is 22.5. The van der Waals surface area contributed by atoms with Crippen molar-refractivity contribution in [2.45, 2.75) is 16.7 Å². The third-order valence-electron chi connectivity index (χ3n) is 1.77. The van der Waals surface area contributed by atoms with E-state index in [4.69, 9.17) is 0 Å². The molecule has 0 heterocycles. The minimum atomic E-state index is -3.32. The van der Waals surface area contributed by atoms with Gasteiger partial charge in [-0.25, -0.2) is 8.42 Å². The standard InChI is InChI=1S/C9H10O3S2.Na/c1-6(10)7-3-4-8(13)9(5-7)14(2,11)12;/h3-5,13H,1-2H3;. The smallest absolute Gasteiger partial charge is 0.176 e. The second-order valence-electron chi connectivity index (χ2n) is 3.01. The first-order valence-corrected chi connectivity index (χ1v) is 6.20. The number of Topliss-reactive ketones (excluding diaryl/α,β-unsaturated/α-hetero) is 1. The fourth-order valence-electron chi connectivity index (χ4n) is 1.03. The number of carbonyl (C=O) groups excluding carboxylic acids is 1. The van der Waals surface area contributed by atoms with Gasteiger partial charge in [0.2, 0.25) is 0 Å². The van der Waals surface area contributed by atoms with Gasteiger partial charge in [0.1, 0.15) is 0 Å². The van der Waals surface area contributed by atoms with Gasteiger partial charge in [0.25, 0.3) is 0 Å². The number of carbonyl (C=O) groups is 1. The first-order valence-electron chi connectivity index (χ1n) is 3.86. The molecule has 0 saturated heterocycles. The van der Waals surface area contributed by atoms with E-state index in [1.54, 1.807) is 6.07 Å². The third kappa shape index (κ3) is 3.92. The SMILES string of the molecule is CC(=O)c1ccc(S)c(S(C)(=O)=O)c1.[Na]. The Kier molecular flexibility index (Phi) is 5.57. The molecular weight excluding hydrogens is 243 g/mol. The summed E-state index contributed by atoms with van der Waals surface area (Å²) in [6, 6.07) is 4.41. The van der Waals surface area contributed by atoms with E-state index in [-0.39, 0.29) is 40.2 Å². The van der Waals surface area contributed by atoms with Crippen molar-refractivity contribution < 1.29 is 13.2 Å². The number of hydrogen-bond donors (Lipinski definition) is 1. The molecule has 0 aromatic heterocycles. The van der Waals surface area contributed by atoms with E-state index >= 15 is 0 Å². The van der Waals surface area contributed by atoms with Crippen molar-refractivity contribution >= 4 is 57.8 Å². The van der Waals surface area contributed by atoms with Crippen LogP contribution in [0.25, 0.3) is 0 Å². The summed E-state index contributed by atoms with van der Waals surface area (Å²) in [5.74, 6) is -0.164. The molecule has 1 radical (unpaired) electrons. The molecule has 0 bridgehead atoms. The Labute approximate surface area is 117 Å². The van der Waals surface area contributed by atoms with E-state index in [1.807, 2.05) is 0 Å². The summed E-state index contributed by atoms with van der Waals surface area (Å²) in [5, 5.41) is 0. The molecule has 1 aromatic rings. The van der Waals surface area contributed by atoms with Gasteiger partial charge >= 0.3 is 0 Å². The van der Waals surface area contributed by atoms with Gasteiger partial charge in [-0.05, 0) is 19.1 Å². The van der Waals surface area contributed by atoms with E-state index in [2.05, 4.69) is 12.6 Å². The molecular formula is C9H10NaO3S2. The molecule has 0 aliphatic heterocycles. The van der Waals surface area contributed by atoms with E-state index in [0.29, 0.717) is 10.5 Å². The number of sulfone groups is 1. The Morgan fingerprint density at radius 2 is 1.87 bits per heavy atom. The van der Waals surface area contributed by atoms with Crippen LogP contribution >= 0.6 is 12.6 Å². The zero-order valence-electron chi connectivity index (χ0n) is 8.81. The molecule has 0 N–H and O–H groups in total. The van der Waals surface area contributed by atoms with E-state index < -0.39 is 9.84 Å². The minimum Gasteiger partial charge on any atom is -0.295 e. The van der Waals surface area contributed by atoms with Crippen LogP contribution in [0.1, 0.15) is 17.3 Å². The minimum absolute atomic E-state index is 0. The van der Waals surface area contributed by atoms with Crippen LogP contribution in [0.5, 0.6) is 0 Å². The Hall–Kier alpha value is 0.190. The first-order chi connectivity index (χ1) is 6.32. The van der Waals surface area contributed by atoms with Gasteiger partial charge in [0, 0.05) is 46.3 Å². The number of ketones is 1. The average molecular weight is 253 g/mol. The monoisotopic (exact) mass is 253 g/mol. The molecule has 0 aliphatic rings. The summed E-state index contributed by atoms with van der Waals surface area (Å²) in [7, 11) is -3.32. The molecule has 6 heteroatoms. The summed E-state index contributed by atoms with van der Waals surface area (Å²) in [6.07, 6.45) is 1.09.